The summed E-state index contributed by atoms with van der Waals surface area (Å²) in [6, 6.07) is 9.86. The van der Waals surface area contributed by atoms with Crippen molar-refractivity contribution in [3.63, 3.8) is 0 Å². The van der Waals surface area contributed by atoms with Gasteiger partial charge in [-0.05, 0) is 42.8 Å². The van der Waals surface area contributed by atoms with Gasteiger partial charge in [0.25, 0.3) is 0 Å². The zero-order chi connectivity index (χ0) is 18.5. The zero-order valence-corrected chi connectivity index (χ0v) is 17.7. The Hall–Kier alpha value is -1.60. The Labute approximate surface area is 175 Å². The molecule has 1 saturated heterocycles. The highest BCUT2D eigenvalue weighted by molar-refractivity contribution is 7.22. The quantitative estimate of drug-likeness (QED) is 0.396. The molecule has 0 unspecified atom stereocenters. The topological polar surface area (TPSA) is 32.3 Å². The highest BCUT2D eigenvalue weighted by atomic mass is 35.5. The molecule has 2 aromatic carbocycles. The van der Waals surface area contributed by atoms with Crippen molar-refractivity contribution in [2.45, 2.75) is 6.92 Å². The number of thiazole rings is 2. The average molecular weight is 435 g/mol. The van der Waals surface area contributed by atoms with Crippen LogP contribution < -0.4 is 9.80 Å². The number of hydrogen-bond acceptors (Lipinski definition) is 6. The highest BCUT2D eigenvalue weighted by Crippen LogP contribution is 2.35. The number of halogens is 2. The second kappa shape index (κ2) is 6.78. The molecule has 0 N–H and O–H groups in total. The molecule has 138 valence electrons. The fourth-order valence-electron chi connectivity index (χ4n) is 3.39. The molecule has 1 aliphatic rings. The van der Waals surface area contributed by atoms with Crippen LogP contribution in [-0.2, 0) is 0 Å². The number of rotatable bonds is 2. The number of anilines is 2. The minimum atomic E-state index is 0.758. The molecule has 0 radical (unpaired) electrons. The largest absolute Gasteiger partial charge is 0.345 e. The second-order valence-electron chi connectivity index (χ2n) is 6.65. The van der Waals surface area contributed by atoms with E-state index >= 15 is 0 Å². The maximum absolute atomic E-state index is 6.19. The van der Waals surface area contributed by atoms with E-state index in [0.717, 1.165) is 72.5 Å². The number of benzene rings is 2. The predicted octanol–water partition coefficient (Wildman–Crippen LogP) is 5.85. The normalized spacial score (nSPS) is 15.2. The first-order valence-electron chi connectivity index (χ1n) is 8.69. The molecular formula is C19H16Cl2N4S2. The fourth-order valence-corrected chi connectivity index (χ4v) is 6.15. The Bertz CT molecular complexity index is 1150. The molecule has 5 rings (SSSR count). The zero-order valence-electron chi connectivity index (χ0n) is 14.6. The summed E-state index contributed by atoms with van der Waals surface area (Å²) < 4.78 is 2.29. The first kappa shape index (κ1) is 17.5. The summed E-state index contributed by atoms with van der Waals surface area (Å²) in [5, 5.41) is 3.68. The fraction of sp³-hybridized carbons (Fsp3) is 0.263. The van der Waals surface area contributed by atoms with Gasteiger partial charge < -0.3 is 9.80 Å². The monoisotopic (exact) mass is 434 g/mol. The SMILES string of the molecule is Cc1cc(Cl)cc2sc(N3CCN(c4nc5ccc(Cl)cc5s4)CC3)nc12. The van der Waals surface area contributed by atoms with E-state index in [-0.39, 0.29) is 0 Å². The van der Waals surface area contributed by atoms with Gasteiger partial charge in [-0.3, -0.25) is 0 Å². The van der Waals surface area contributed by atoms with Gasteiger partial charge in [-0.2, -0.15) is 0 Å². The maximum Gasteiger partial charge on any atom is 0.186 e. The molecule has 4 aromatic rings. The van der Waals surface area contributed by atoms with Crippen LogP contribution in [0, 0.1) is 6.92 Å². The molecule has 0 spiro atoms. The van der Waals surface area contributed by atoms with Gasteiger partial charge in [0.1, 0.15) is 0 Å². The van der Waals surface area contributed by atoms with Gasteiger partial charge in [0, 0.05) is 36.2 Å². The van der Waals surface area contributed by atoms with Crippen molar-refractivity contribution in [2.75, 3.05) is 36.0 Å². The van der Waals surface area contributed by atoms with Gasteiger partial charge in [0.05, 0.1) is 20.4 Å². The molecule has 27 heavy (non-hydrogen) atoms. The van der Waals surface area contributed by atoms with Gasteiger partial charge in [-0.15, -0.1) is 0 Å². The van der Waals surface area contributed by atoms with Crippen LogP contribution in [0.4, 0.5) is 10.3 Å². The van der Waals surface area contributed by atoms with Gasteiger partial charge in [0.2, 0.25) is 0 Å². The van der Waals surface area contributed by atoms with E-state index in [9.17, 15) is 0 Å². The van der Waals surface area contributed by atoms with Crippen molar-refractivity contribution in [1.29, 1.82) is 0 Å². The Morgan fingerprint density at radius 2 is 1.44 bits per heavy atom. The second-order valence-corrected chi connectivity index (χ2v) is 9.54. The van der Waals surface area contributed by atoms with Crippen LogP contribution in [0.2, 0.25) is 10.0 Å². The summed E-state index contributed by atoms with van der Waals surface area (Å²) in [6.07, 6.45) is 0. The molecule has 0 amide bonds. The summed E-state index contributed by atoms with van der Waals surface area (Å²) in [5.41, 5.74) is 3.21. The Morgan fingerprint density at radius 3 is 2.19 bits per heavy atom. The lowest BCUT2D eigenvalue weighted by atomic mass is 10.2. The van der Waals surface area contributed by atoms with Gasteiger partial charge >= 0.3 is 0 Å². The molecule has 3 heterocycles. The lowest BCUT2D eigenvalue weighted by Gasteiger charge is -2.34. The van der Waals surface area contributed by atoms with Crippen molar-refractivity contribution >= 4 is 76.6 Å². The molecule has 0 atom stereocenters. The van der Waals surface area contributed by atoms with E-state index in [1.807, 2.05) is 30.3 Å². The highest BCUT2D eigenvalue weighted by Gasteiger charge is 2.22. The molecule has 1 fully saturated rings. The number of piperazine rings is 1. The Kier molecular flexibility index (Phi) is 4.39. The number of aromatic nitrogens is 2. The van der Waals surface area contributed by atoms with Crippen LogP contribution in [0.5, 0.6) is 0 Å². The van der Waals surface area contributed by atoms with E-state index in [1.165, 1.54) is 0 Å². The minimum Gasteiger partial charge on any atom is -0.345 e. The van der Waals surface area contributed by atoms with Gasteiger partial charge in [-0.1, -0.05) is 45.9 Å². The Balaban J connectivity index is 1.35. The number of hydrogen-bond donors (Lipinski definition) is 0. The van der Waals surface area contributed by atoms with E-state index in [4.69, 9.17) is 33.2 Å². The molecule has 0 saturated carbocycles. The number of nitrogens with zero attached hydrogens (tertiary/aromatic N) is 4. The van der Waals surface area contributed by atoms with Gasteiger partial charge in [-0.25, -0.2) is 9.97 Å². The van der Waals surface area contributed by atoms with E-state index in [1.54, 1.807) is 22.7 Å². The maximum atomic E-state index is 6.19. The first-order chi connectivity index (χ1) is 13.1. The van der Waals surface area contributed by atoms with Crippen molar-refractivity contribution in [3.05, 3.63) is 45.9 Å². The van der Waals surface area contributed by atoms with Crippen molar-refractivity contribution in [1.82, 2.24) is 9.97 Å². The molecule has 1 aliphatic heterocycles. The van der Waals surface area contributed by atoms with Crippen LogP contribution in [-0.4, -0.2) is 36.1 Å². The predicted molar refractivity (Wildman–Crippen MR) is 118 cm³/mol. The number of fused-ring (bicyclic) bond motifs is 2. The average Bonchev–Trinajstić information content (AvgIpc) is 3.25. The lowest BCUT2D eigenvalue weighted by molar-refractivity contribution is 0.651. The summed E-state index contributed by atoms with van der Waals surface area (Å²) in [4.78, 5) is 14.3. The van der Waals surface area contributed by atoms with E-state index < -0.39 is 0 Å². The molecule has 2 aromatic heterocycles. The third kappa shape index (κ3) is 3.25. The first-order valence-corrected chi connectivity index (χ1v) is 11.1. The van der Waals surface area contributed by atoms with Crippen LogP contribution >= 0.6 is 45.9 Å². The van der Waals surface area contributed by atoms with E-state index in [0.29, 0.717) is 0 Å². The molecule has 0 aliphatic carbocycles. The third-order valence-corrected chi connectivity index (χ3v) is 7.39. The summed E-state index contributed by atoms with van der Waals surface area (Å²) in [6.45, 7) is 5.80. The Morgan fingerprint density at radius 1 is 0.815 bits per heavy atom. The minimum absolute atomic E-state index is 0.758. The van der Waals surface area contributed by atoms with Crippen LogP contribution in [0.1, 0.15) is 5.56 Å². The lowest BCUT2D eigenvalue weighted by Crippen LogP contribution is -2.46. The summed E-state index contributed by atoms with van der Waals surface area (Å²) in [5.74, 6) is 0. The number of aryl methyl sites for hydroxylation is 1. The van der Waals surface area contributed by atoms with Crippen LogP contribution in [0.25, 0.3) is 20.4 Å². The van der Waals surface area contributed by atoms with Crippen LogP contribution in [0.3, 0.4) is 0 Å². The smallest absolute Gasteiger partial charge is 0.186 e. The van der Waals surface area contributed by atoms with Gasteiger partial charge in [0.15, 0.2) is 10.3 Å². The molecule has 8 heteroatoms. The van der Waals surface area contributed by atoms with Crippen molar-refractivity contribution in [2.24, 2.45) is 0 Å². The van der Waals surface area contributed by atoms with Crippen molar-refractivity contribution < 1.29 is 0 Å². The van der Waals surface area contributed by atoms with Crippen LogP contribution in [0.15, 0.2) is 30.3 Å². The summed E-state index contributed by atoms with van der Waals surface area (Å²) in [7, 11) is 0. The third-order valence-electron chi connectivity index (χ3n) is 4.80. The van der Waals surface area contributed by atoms with Crippen molar-refractivity contribution in [3.8, 4) is 0 Å². The molecule has 0 bridgehead atoms. The van der Waals surface area contributed by atoms with E-state index in [2.05, 4.69) is 16.7 Å². The standard InChI is InChI=1S/C19H16Cl2N4S2/c1-11-8-13(21)10-16-17(11)23-19(27-16)25-6-4-24(5-7-25)18-22-14-3-2-12(20)9-15(14)26-18/h2-3,8-10H,4-7H2,1H3. The molecule has 4 nitrogen and oxygen atoms in total. The molecular weight excluding hydrogens is 419 g/mol. The summed E-state index contributed by atoms with van der Waals surface area (Å²) >= 11 is 15.7.